The molecule has 0 fully saturated rings. The lowest BCUT2D eigenvalue weighted by Crippen LogP contribution is -2.08. The van der Waals surface area contributed by atoms with E-state index in [4.69, 9.17) is 14.2 Å². The summed E-state index contributed by atoms with van der Waals surface area (Å²) in [6.07, 6.45) is 3.04. The van der Waals surface area contributed by atoms with Crippen molar-refractivity contribution in [3.63, 3.8) is 0 Å². The highest BCUT2D eigenvalue weighted by atomic mass is 16.5. The Balaban J connectivity index is 2.65. The summed E-state index contributed by atoms with van der Waals surface area (Å²) in [7, 11) is 0. The predicted octanol–water partition coefficient (Wildman–Crippen LogP) is 3.38. The number of esters is 1. The highest BCUT2D eigenvalue weighted by molar-refractivity contribution is 5.98. The molecule has 0 aromatic carbocycles. The third kappa shape index (κ3) is 4.33. The second kappa shape index (κ2) is 8.39. The third-order valence-electron chi connectivity index (χ3n) is 3.22. The van der Waals surface area contributed by atoms with Crippen LogP contribution in [0, 0.1) is 11.3 Å². The summed E-state index contributed by atoms with van der Waals surface area (Å²) in [4.78, 5) is 16.5. The van der Waals surface area contributed by atoms with Gasteiger partial charge in [-0.05, 0) is 52.8 Å². The Morgan fingerprint density at radius 2 is 2.00 bits per heavy atom. The molecular weight excluding hydrogens is 334 g/mol. The highest BCUT2D eigenvalue weighted by Crippen LogP contribution is 2.29. The van der Waals surface area contributed by atoms with E-state index < -0.39 is 5.97 Å². The molecule has 0 N–H and O–H groups in total. The van der Waals surface area contributed by atoms with Crippen LogP contribution >= 0.6 is 0 Å². The smallest absolute Gasteiger partial charge is 0.348 e. The fourth-order valence-corrected chi connectivity index (χ4v) is 2.31. The summed E-state index contributed by atoms with van der Waals surface area (Å²) in [5.74, 6) is 0.220. The maximum atomic E-state index is 12.0. The van der Waals surface area contributed by atoms with Crippen molar-refractivity contribution in [3.8, 4) is 17.7 Å². The number of nitrogens with zero attached hydrogens (tertiary/aromatic N) is 3. The molecule has 0 atom stereocenters. The third-order valence-corrected chi connectivity index (χ3v) is 3.22. The molecule has 138 valence electrons. The van der Waals surface area contributed by atoms with Crippen molar-refractivity contribution in [3.05, 3.63) is 29.6 Å². The van der Waals surface area contributed by atoms with Crippen LogP contribution in [0.4, 0.5) is 0 Å². The molecule has 7 nitrogen and oxygen atoms in total. The lowest BCUT2D eigenvalue weighted by atomic mass is 10.2. The van der Waals surface area contributed by atoms with Crippen molar-refractivity contribution < 1.29 is 19.0 Å². The highest BCUT2D eigenvalue weighted by Gasteiger charge is 2.19. The lowest BCUT2D eigenvalue weighted by molar-refractivity contribution is -0.137. The lowest BCUT2D eigenvalue weighted by Gasteiger charge is -2.10. The van der Waals surface area contributed by atoms with Crippen LogP contribution in [0.5, 0.6) is 11.6 Å². The van der Waals surface area contributed by atoms with Gasteiger partial charge in [0.25, 0.3) is 0 Å². The van der Waals surface area contributed by atoms with E-state index in [-0.39, 0.29) is 24.4 Å². The minimum Gasteiger partial charge on any atom is -0.487 e. The number of ether oxygens (including phenoxy) is 3. The summed E-state index contributed by atoms with van der Waals surface area (Å²) in [6.45, 7) is 9.47. The number of pyridine rings is 1. The molecule has 0 radical (unpaired) electrons. The van der Waals surface area contributed by atoms with Gasteiger partial charge in [-0.15, -0.1) is 0 Å². The summed E-state index contributed by atoms with van der Waals surface area (Å²) < 4.78 is 18.2. The van der Waals surface area contributed by atoms with Crippen molar-refractivity contribution in [2.45, 2.75) is 46.8 Å². The van der Waals surface area contributed by atoms with Crippen LogP contribution in [0.2, 0.25) is 0 Å². The van der Waals surface area contributed by atoms with Gasteiger partial charge < -0.3 is 14.2 Å². The van der Waals surface area contributed by atoms with E-state index in [1.165, 1.54) is 6.08 Å². The number of hydrogen-bond donors (Lipinski definition) is 0. The number of fused-ring (bicyclic) bond motifs is 1. The number of imidazole rings is 1. The Labute approximate surface area is 152 Å². The maximum absolute atomic E-state index is 12.0. The van der Waals surface area contributed by atoms with Gasteiger partial charge in [0, 0.05) is 6.20 Å². The number of rotatable bonds is 7. The van der Waals surface area contributed by atoms with E-state index >= 15 is 0 Å². The number of nitriles is 1. The molecular formula is C19H23N3O4. The minimum atomic E-state index is -0.685. The zero-order valence-electron chi connectivity index (χ0n) is 15.6. The van der Waals surface area contributed by atoms with Gasteiger partial charge in [0.15, 0.2) is 11.4 Å². The van der Waals surface area contributed by atoms with E-state index in [9.17, 15) is 10.1 Å². The largest absolute Gasteiger partial charge is 0.487 e. The Morgan fingerprint density at radius 3 is 2.58 bits per heavy atom. The van der Waals surface area contributed by atoms with E-state index in [1.807, 2.05) is 39.8 Å². The SMILES string of the molecule is CCOC(=O)/C(C#N)=C/c1c(OC(C)C)nc2c(OC(C)C)cccn12. The molecule has 0 aliphatic heterocycles. The Hall–Kier alpha value is -3.01. The minimum absolute atomic E-state index is 0.0273. The van der Waals surface area contributed by atoms with Gasteiger partial charge in [-0.1, -0.05) is 0 Å². The molecule has 7 heteroatoms. The van der Waals surface area contributed by atoms with Crippen LogP contribution in [0.1, 0.15) is 40.3 Å². The van der Waals surface area contributed by atoms with E-state index in [0.29, 0.717) is 23.0 Å². The zero-order chi connectivity index (χ0) is 19.3. The van der Waals surface area contributed by atoms with E-state index in [2.05, 4.69) is 4.98 Å². The van der Waals surface area contributed by atoms with Crippen LogP contribution in [-0.4, -0.2) is 34.2 Å². The second-order valence-corrected chi connectivity index (χ2v) is 6.09. The molecule has 2 rings (SSSR count). The van der Waals surface area contributed by atoms with Crippen molar-refractivity contribution >= 4 is 17.7 Å². The predicted molar refractivity (Wildman–Crippen MR) is 96.9 cm³/mol. The average molecular weight is 357 g/mol. The molecule has 2 aromatic heterocycles. The Bertz CT molecular complexity index is 860. The fourth-order valence-electron chi connectivity index (χ4n) is 2.31. The fraction of sp³-hybridized carbons (Fsp3) is 0.421. The van der Waals surface area contributed by atoms with Gasteiger partial charge >= 0.3 is 5.97 Å². The summed E-state index contributed by atoms with van der Waals surface area (Å²) in [5.41, 5.74) is 0.897. The number of aromatic nitrogens is 2. The molecule has 2 aromatic rings. The van der Waals surface area contributed by atoms with Crippen molar-refractivity contribution in [2.24, 2.45) is 0 Å². The number of carbonyl (C=O) groups is 1. The van der Waals surface area contributed by atoms with Gasteiger partial charge in [-0.2, -0.15) is 10.2 Å². The number of hydrogen-bond acceptors (Lipinski definition) is 6. The molecule has 2 heterocycles. The van der Waals surface area contributed by atoms with Gasteiger partial charge in [-0.25, -0.2) is 4.79 Å². The summed E-state index contributed by atoms with van der Waals surface area (Å²) in [6, 6.07) is 5.49. The van der Waals surface area contributed by atoms with E-state index in [1.54, 1.807) is 23.6 Å². The molecule has 0 bridgehead atoms. The van der Waals surface area contributed by atoms with Crippen molar-refractivity contribution in [1.82, 2.24) is 9.38 Å². The maximum Gasteiger partial charge on any atom is 0.348 e. The van der Waals surface area contributed by atoms with Crippen LogP contribution < -0.4 is 9.47 Å². The normalized spacial score (nSPS) is 11.7. The molecule has 0 spiro atoms. The molecule has 0 aliphatic carbocycles. The van der Waals surface area contributed by atoms with E-state index in [0.717, 1.165) is 0 Å². The first kappa shape index (κ1) is 19.3. The molecule has 0 amide bonds. The molecule has 0 unspecified atom stereocenters. The first-order valence-corrected chi connectivity index (χ1v) is 8.50. The molecule has 0 saturated heterocycles. The van der Waals surface area contributed by atoms with Gasteiger partial charge in [-0.3, -0.25) is 4.40 Å². The quantitative estimate of drug-likeness (QED) is 0.429. The first-order chi connectivity index (χ1) is 12.4. The monoisotopic (exact) mass is 357 g/mol. The van der Waals surface area contributed by atoms with Crippen molar-refractivity contribution in [1.29, 1.82) is 5.26 Å². The Morgan fingerprint density at radius 1 is 1.31 bits per heavy atom. The average Bonchev–Trinajstić information content (AvgIpc) is 2.90. The number of carbonyl (C=O) groups excluding carboxylic acids is 1. The topological polar surface area (TPSA) is 85.9 Å². The van der Waals surface area contributed by atoms with Gasteiger partial charge in [0.05, 0.1) is 18.8 Å². The molecule has 0 saturated carbocycles. The summed E-state index contributed by atoms with van der Waals surface area (Å²) >= 11 is 0. The molecule has 0 aliphatic rings. The van der Waals surface area contributed by atoms with Crippen LogP contribution in [0.3, 0.4) is 0 Å². The zero-order valence-corrected chi connectivity index (χ0v) is 15.6. The van der Waals surface area contributed by atoms with Crippen LogP contribution in [0.25, 0.3) is 11.7 Å². The van der Waals surface area contributed by atoms with Gasteiger partial charge in [0.2, 0.25) is 5.88 Å². The standard InChI is InChI=1S/C19H23N3O4/c1-6-24-19(23)14(11-20)10-15-18(26-13(4)5)21-17-16(25-12(2)3)8-7-9-22(15)17/h7-10,12-13H,6H2,1-5H3/b14-10+. The van der Waals surface area contributed by atoms with Crippen LogP contribution in [-0.2, 0) is 9.53 Å². The van der Waals surface area contributed by atoms with Crippen LogP contribution in [0.15, 0.2) is 23.9 Å². The summed E-state index contributed by atoms with van der Waals surface area (Å²) in [5, 5.41) is 9.33. The second-order valence-electron chi connectivity index (χ2n) is 6.09. The van der Waals surface area contributed by atoms with Crippen molar-refractivity contribution in [2.75, 3.05) is 6.61 Å². The Kier molecular flexibility index (Phi) is 6.23. The molecule has 26 heavy (non-hydrogen) atoms. The van der Waals surface area contributed by atoms with Gasteiger partial charge in [0.1, 0.15) is 17.3 Å². The first-order valence-electron chi connectivity index (χ1n) is 8.50.